The van der Waals surface area contributed by atoms with E-state index in [1.54, 1.807) is 0 Å². The van der Waals surface area contributed by atoms with E-state index in [1.807, 2.05) is 0 Å². The molecule has 0 saturated heterocycles. The summed E-state index contributed by atoms with van der Waals surface area (Å²) in [5.41, 5.74) is 5.42. The van der Waals surface area contributed by atoms with Gasteiger partial charge in [0.15, 0.2) is 11.6 Å². The number of halogens is 2. The van der Waals surface area contributed by atoms with Crippen LogP contribution >= 0.6 is 11.6 Å². The highest BCUT2D eigenvalue weighted by Crippen LogP contribution is 2.37. The van der Waals surface area contributed by atoms with Crippen LogP contribution in [0.2, 0.25) is 5.02 Å². The van der Waals surface area contributed by atoms with Gasteiger partial charge in [-0.2, -0.15) is 0 Å². The van der Waals surface area contributed by atoms with E-state index in [-0.39, 0.29) is 11.4 Å². The van der Waals surface area contributed by atoms with E-state index < -0.39 is 5.82 Å². The first-order chi connectivity index (χ1) is 6.65. The molecule has 3 N–H and O–H groups in total. The molecule has 0 spiro atoms. The minimum absolute atomic E-state index is 0.137. The van der Waals surface area contributed by atoms with Gasteiger partial charge in [-0.15, -0.1) is 0 Å². The molecule has 1 heterocycles. The fraction of sp³-hybridized carbons (Fsp3) is 0.444. The average molecular weight is 216 g/mol. The van der Waals surface area contributed by atoms with E-state index in [0.29, 0.717) is 11.6 Å². The summed E-state index contributed by atoms with van der Waals surface area (Å²) < 4.78 is 13.3. The summed E-state index contributed by atoms with van der Waals surface area (Å²) in [6, 6.07) is 1.24. The molecule has 1 saturated carbocycles. The van der Waals surface area contributed by atoms with Crippen LogP contribution in [0.1, 0.15) is 12.8 Å². The third kappa shape index (κ3) is 1.81. The number of anilines is 1. The molecule has 0 bridgehead atoms. The fourth-order valence-corrected chi connectivity index (χ4v) is 1.43. The van der Waals surface area contributed by atoms with Crippen molar-refractivity contribution in [3.05, 3.63) is 23.1 Å². The van der Waals surface area contributed by atoms with Crippen LogP contribution in [0, 0.1) is 5.82 Å². The molecule has 76 valence electrons. The molecule has 0 unspecified atom stereocenters. The molecule has 0 aliphatic heterocycles. The Morgan fingerprint density at radius 2 is 2.36 bits per heavy atom. The Labute approximate surface area is 86.5 Å². The van der Waals surface area contributed by atoms with Crippen LogP contribution in [-0.4, -0.2) is 17.1 Å². The summed E-state index contributed by atoms with van der Waals surface area (Å²) in [5.74, 6) is -0.199. The molecule has 1 aromatic rings. The molecule has 0 atom stereocenters. The molecule has 1 aliphatic carbocycles. The average Bonchev–Trinajstić information content (AvgIpc) is 2.91. The summed E-state index contributed by atoms with van der Waals surface area (Å²) >= 11 is 5.58. The van der Waals surface area contributed by atoms with Gasteiger partial charge in [-0.25, -0.2) is 9.37 Å². The smallest absolute Gasteiger partial charge is 0.166 e. The largest absolute Gasteiger partial charge is 0.361 e. The van der Waals surface area contributed by atoms with Crippen molar-refractivity contribution in [2.45, 2.75) is 18.4 Å². The Balaban J connectivity index is 2.17. The lowest BCUT2D eigenvalue weighted by Gasteiger charge is -2.15. The van der Waals surface area contributed by atoms with Crippen molar-refractivity contribution >= 4 is 17.4 Å². The zero-order valence-electron chi connectivity index (χ0n) is 7.56. The predicted octanol–water partition coefficient (Wildman–Crippen LogP) is 1.78. The highest BCUT2D eigenvalue weighted by Gasteiger charge is 2.41. The quantitative estimate of drug-likeness (QED) is 0.808. The molecular weight excluding hydrogens is 205 g/mol. The number of nitrogens with one attached hydrogen (secondary N) is 1. The predicted molar refractivity (Wildman–Crippen MR) is 53.8 cm³/mol. The Hall–Kier alpha value is -0.870. The van der Waals surface area contributed by atoms with E-state index in [2.05, 4.69) is 10.3 Å². The van der Waals surface area contributed by atoms with Crippen LogP contribution in [0.25, 0.3) is 0 Å². The van der Waals surface area contributed by atoms with Crippen LogP contribution in [-0.2, 0) is 0 Å². The van der Waals surface area contributed by atoms with Gasteiger partial charge in [0.1, 0.15) is 0 Å². The van der Waals surface area contributed by atoms with Gasteiger partial charge >= 0.3 is 0 Å². The van der Waals surface area contributed by atoms with E-state index in [1.165, 1.54) is 12.3 Å². The minimum atomic E-state index is -0.433. The number of nitrogens with zero attached hydrogens (tertiary/aromatic N) is 1. The molecule has 1 aliphatic rings. The zero-order valence-corrected chi connectivity index (χ0v) is 8.31. The maximum absolute atomic E-state index is 13.3. The molecule has 5 heteroatoms. The molecule has 0 radical (unpaired) electrons. The SMILES string of the molecule is NCC1(Nc2ncc(Cl)cc2F)CC1. The lowest BCUT2D eigenvalue weighted by Crippen LogP contribution is -2.31. The van der Waals surface area contributed by atoms with Gasteiger partial charge in [0.05, 0.1) is 10.6 Å². The summed E-state index contributed by atoms with van der Waals surface area (Å²) in [6.07, 6.45) is 3.35. The highest BCUT2D eigenvalue weighted by atomic mass is 35.5. The summed E-state index contributed by atoms with van der Waals surface area (Å²) in [5, 5.41) is 3.30. The second-order valence-electron chi connectivity index (χ2n) is 3.59. The summed E-state index contributed by atoms with van der Waals surface area (Å²) in [4.78, 5) is 3.88. The van der Waals surface area contributed by atoms with Crippen LogP contribution in [0.5, 0.6) is 0 Å². The van der Waals surface area contributed by atoms with Gasteiger partial charge in [0.25, 0.3) is 0 Å². The molecule has 1 fully saturated rings. The molecule has 0 aromatic carbocycles. The maximum atomic E-state index is 13.3. The molecule has 2 rings (SSSR count). The van der Waals surface area contributed by atoms with Gasteiger partial charge < -0.3 is 11.1 Å². The van der Waals surface area contributed by atoms with Crippen molar-refractivity contribution in [1.82, 2.24) is 4.98 Å². The number of nitrogens with two attached hydrogens (primary N) is 1. The summed E-state index contributed by atoms with van der Waals surface area (Å²) in [7, 11) is 0. The number of rotatable bonds is 3. The first kappa shape index (κ1) is 9.68. The second-order valence-corrected chi connectivity index (χ2v) is 4.03. The number of pyridine rings is 1. The van der Waals surface area contributed by atoms with Crippen LogP contribution < -0.4 is 11.1 Å². The minimum Gasteiger partial charge on any atom is -0.361 e. The van der Waals surface area contributed by atoms with E-state index in [0.717, 1.165) is 12.8 Å². The van der Waals surface area contributed by atoms with Crippen molar-refractivity contribution < 1.29 is 4.39 Å². The van der Waals surface area contributed by atoms with Crippen molar-refractivity contribution in [3.63, 3.8) is 0 Å². The van der Waals surface area contributed by atoms with Gasteiger partial charge in [0.2, 0.25) is 0 Å². The Morgan fingerprint density at radius 1 is 1.64 bits per heavy atom. The molecule has 14 heavy (non-hydrogen) atoms. The molecule has 0 amide bonds. The molecule has 1 aromatic heterocycles. The maximum Gasteiger partial charge on any atom is 0.166 e. The number of aromatic nitrogens is 1. The highest BCUT2D eigenvalue weighted by molar-refractivity contribution is 6.30. The van der Waals surface area contributed by atoms with Gasteiger partial charge in [0, 0.05) is 12.7 Å². The van der Waals surface area contributed by atoms with E-state index in [9.17, 15) is 4.39 Å². The van der Waals surface area contributed by atoms with E-state index in [4.69, 9.17) is 17.3 Å². The molecular formula is C9H11ClFN3. The van der Waals surface area contributed by atoms with Gasteiger partial charge in [-0.1, -0.05) is 11.6 Å². The normalized spacial score (nSPS) is 17.9. The van der Waals surface area contributed by atoms with E-state index >= 15 is 0 Å². The van der Waals surface area contributed by atoms with Crippen molar-refractivity contribution in [3.8, 4) is 0 Å². The summed E-state index contributed by atoms with van der Waals surface area (Å²) in [6.45, 7) is 0.497. The second kappa shape index (κ2) is 3.37. The third-order valence-corrected chi connectivity index (χ3v) is 2.64. The zero-order chi connectivity index (χ0) is 10.2. The van der Waals surface area contributed by atoms with Gasteiger partial charge in [-0.05, 0) is 18.9 Å². The number of hydrogen-bond acceptors (Lipinski definition) is 3. The Morgan fingerprint density at radius 3 is 2.86 bits per heavy atom. The lowest BCUT2D eigenvalue weighted by atomic mass is 10.2. The van der Waals surface area contributed by atoms with Crippen LogP contribution in [0.4, 0.5) is 10.2 Å². The van der Waals surface area contributed by atoms with Crippen LogP contribution in [0.3, 0.4) is 0 Å². The third-order valence-electron chi connectivity index (χ3n) is 2.44. The van der Waals surface area contributed by atoms with Gasteiger partial charge in [-0.3, -0.25) is 0 Å². The fourth-order valence-electron chi connectivity index (χ4n) is 1.29. The topological polar surface area (TPSA) is 50.9 Å². The molecule has 3 nitrogen and oxygen atoms in total. The lowest BCUT2D eigenvalue weighted by molar-refractivity contribution is 0.616. The van der Waals surface area contributed by atoms with Crippen molar-refractivity contribution in [2.24, 2.45) is 5.73 Å². The number of hydrogen-bond donors (Lipinski definition) is 2. The standard InChI is InChI=1S/C9H11ClFN3/c10-6-3-7(11)8(13-4-6)14-9(5-12)1-2-9/h3-4H,1-2,5,12H2,(H,13,14). The van der Waals surface area contributed by atoms with Crippen LogP contribution in [0.15, 0.2) is 12.3 Å². The Bertz CT molecular complexity index is 352. The monoisotopic (exact) mass is 215 g/mol. The first-order valence-electron chi connectivity index (χ1n) is 4.44. The Kier molecular flexibility index (Phi) is 2.33. The van der Waals surface area contributed by atoms with Crippen molar-refractivity contribution in [2.75, 3.05) is 11.9 Å². The first-order valence-corrected chi connectivity index (χ1v) is 4.82. The van der Waals surface area contributed by atoms with Crippen molar-refractivity contribution in [1.29, 1.82) is 0 Å².